The highest BCUT2D eigenvalue weighted by atomic mass is 16.6. The Labute approximate surface area is 104 Å². The van der Waals surface area contributed by atoms with E-state index in [1.54, 1.807) is 7.11 Å². The second kappa shape index (κ2) is 11.8. The van der Waals surface area contributed by atoms with Crippen molar-refractivity contribution in [2.24, 2.45) is 5.73 Å². The van der Waals surface area contributed by atoms with Crippen molar-refractivity contribution in [2.75, 3.05) is 33.5 Å². The van der Waals surface area contributed by atoms with Crippen LogP contribution in [0.2, 0.25) is 0 Å². The van der Waals surface area contributed by atoms with E-state index >= 15 is 0 Å². The topological polar surface area (TPSA) is 70.8 Å². The summed E-state index contributed by atoms with van der Waals surface area (Å²) in [6.07, 6.45) is 3.48. The minimum absolute atomic E-state index is 0.278. The molecule has 1 unspecified atom stereocenters. The lowest BCUT2D eigenvalue weighted by Gasteiger charge is -2.11. The van der Waals surface area contributed by atoms with Gasteiger partial charge in [-0.3, -0.25) is 4.79 Å². The molecule has 0 fully saturated rings. The molecule has 0 heterocycles. The zero-order valence-corrected chi connectivity index (χ0v) is 10.9. The summed E-state index contributed by atoms with van der Waals surface area (Å²) in [7, 11) is 1.62. The smallest absolute Gasteiger partial charge is 0.322 e. The van der Waals surface area contributed by atoms with Crippen molar-refractivity contribution in [3.05, 3.63) is 0 Å². The van der Waals surface area contributed by atoms with Crippen LogP contribution >= 0.6 is 0 Å². The van der Waals surface area contributed by atoms with Crippen LogP contribution in [0.15, 0.2) is 0 Å². The van der Waals surface area contributed by atoms with Gasteiger partial charge in [-0.25, -0.2) is 0 Å². The SMILES string of the molecule is CCCCOCCOC(=O)C(N)CCCOC. The zero-order chi connectivity index (χ0) is 12.9. The van der Waals surface area contributed by atoms with Crippen LogP contribution in [0.25, 0.3) is 0 Å². The van der Waals surface area contributed by atoms with Crippen molar-refractivity contribution in [3.8, 4) is 0 Å². The average molecular weight is 247 g/mol. The Morgan fingerprint density at radius 1 is 1.18 bits per heavy atom. The molecule has 0 aromatic rings. The molecule has 0 aromatic heterocycles. The Kier molecular flexibility index (Phi) is 11.4. The Hall–Kier alpha value is -0.650. The van der Waals surface area contributed by atoms with Gasteiger partial charge in [0.05, 0.1) is 6.61 Å². The molecule has 1 atom stereocenters. The van der Waals surface area contributed by atoms with E-state index in [0.29, 0.717) is 26.2 Å². The standard InChI is InChI=1S/C12H25NO4/c1-3-4-8-16-9-10-17-12(14)11(13)6-5-7-15-2/h11H,3-10,13H2,1-2H3. The Morgan fingerprint density at radius 2 is 1.94 bits per heavy atom. The quantitative estimate of drug-likeness (QED) is 0.437. The van der Waals surface area contributed by atoms with Crippen LogP contribution in [0.5, 0.6) is 0 Å². The molecule has 0 aliphatic carbocycles. The summed E-state index contributed by atoms with van der Waals surface area (Å²) in [4.78, 5) is 11.4. The lowest BCUT2D eigenvalue weighted by Crippen LogP contribution is -2.33. The Morgan fingerprint density at radius 3 is 2.59 bits per heavy atom. The monoisotopic (exact) mass is 247 g/mol. The highest BCUT2D eigenvalue weighted by Crippen LogP contribution is 1.97. The van der Waals surface area contributed by atoms with Crippen LogP contribution in [0.3, 0.4) is 0 Å². The normalized spacial score (nSPS) is 12.4. The van der Waals surface area contributed by atoms with Gasteiger partial charge >= 0.3 is 5.97 Å². The number of rotatable bonds is 11. The summed E-state index contributed by atoms with van der Waals surface area (Å²) >= 11 is 0. The molecule has 0 aromatic carbocycles. The third-order valence-corrected chi connectivity index (χ3v) is 2.28. The summed E-state index contributed by atoms with van der Waals surface area (Å²) in [5.41, 5.74) is 5.65. The highest BCUT2D eigenvalue weighted by molar-refractivity contribution is 5.75. The molecular weight excluding hydrogens is 222 g/mol. The maximum Gasteiger partial charge on any atom is 0.322 e. The fraction of sp³-hybridized carbons (Fsp3) is 0.917. The van der Waals surface area contributed by atoms with Gasteiger partial charge in [0.25, 0.3) is 0 Å². The van der Waals surface area contributed by atoms with Gasteiger partial charge in [0, 0.05) is 20.3 Å². The van der Waals surface area contributed by atoms with Crippen molar-refractivity contribution in [1.29, 1.82) is 0 Å². The third kappa shape index (κ3) is 10.2. The number of nitrogens with two attached hydrogens (primary N) is 1. The third-order valence-electron chi connectivity index (χ3n) is 2.28. The van der Waals surface area contributed by atoms with Crippen LogP contribution in [0.4, 0.5) is 0 Å². The first-order valence-corrected chi connectivity index (χ1v) is 6.21. The number of esters is 1. The maximum absolute atomic E-state index is 11.4. The van der Waals surface area contributed by atoms with Crippen LogP contribution < -0.4 is 5.73 Å². The van der Waals surface area contributed by atoms with Gasteiger partial charge in [0.2, 0.25) is 0 Å². The van der Waals surface area contributed by atoms with Gasteiger partial charge < -0.3 is 19.9 Å². The minimum Gasteiger partial charge on any atom is -0.462 e. The maximum atomic E-state index is 11.4. The second-order valence-corrected chi connectivity index (χ2v) is 3.87. The van der Waals surface area contributed by atoms with E-state index in [1.807, 2.05) is 0 Å². The average Bonchev–Trinajstić information content (AvgIpc) is 2.33. The van der Waals surface area contributed by atoms with Crippen LogP contribution in [-0.4, -0.2) is 45.5 Å². The molecule has 0 bridgehead atoms. The molecule has 17 heavy (non-hydrogen) atoms. The van der Waals surface area contributed by atoms with Gasteiger partial charge in [-0.05, 0) is 19.3 Å². The fourth-order valence-electron chi connectivity index (χ4n) is 1.22. The molecule has 102 valence electrons. The summed E-state index contributed by atoms with van der Waals surface area (Å²) in [6.45, 7) is 4.15. The van der Waals surface area contributed by atoms with E-state index in [2.05, 4.69) is 6.92 Å². The molecule has 0 amide bonds. The number of hydrogen-bond donors (Lipinski definition) is 1. The lowest BCUT2D eigenvalue weighted by atomic mass is 10.2. The number of carbonyl (C=O) groups excluding carboxylic acids is 1. The first kappa shape index (κ1) is 16.4. The van der Waals surface area contributed by atoms with E-state index in [0.717, 1.165) is 19.3 Å². The number of methoxy groups -OCH3 is 1. The Bertz CT molecular complexity index is 187. The predicted octanol–water partition coefficient (Wildman–Crippen LogP) is 1.10. The lowest BCUT2D eigenvalue weighted by molar-refractivity contribution is -0.147. The predicted molar refractivity (Wildman–Crippen MR) is 65.8 cm³/mol. The molecule has 0 aliphatic rings. The van der Waals surface area contributed by atoms with E-state index in [-0.39, 0.29) is 12.6 Å². The Balaban J connectivity index is 3.37. The number of ether oxygens (including phenoxy) is 3. The van der Waals surface area contributed by atoms with Crippen molar-refractivity contribution in [3.63, 3.8) is 0 Å². The van der Waals surface area contributed by atoms with E-state index in [1.165, 1.54) is 0 Å². The number of hydrogen-bond acceptors (Lipinski definition) is 5. The van der Waals surface area contributed by atoms with Crippen LogP contribution in [-0.2, 0) is 19.0 Å². The molecule has 0 spiro atoms. The molecule has 2 N–H and O–H groups in total. The van der Waals surface area contributed by atoms with Crippen molar-refractivity contribution in [1.82, 2.24) is 0 Å². The van der Waals surface area contributed by atoms with Crippen molar-refractivity contribution < 1.29 is 19.0 Å². The zero-order valence-electron chi connectivity index (χ0n) is 10.9. The molecule has 0 saturated heterocycles. The van der Waals surface area contributed by atoms with Gasteiger partial charge in [0.15, 0.2) is 0 Å². The number of carbonyl (C=O) groups is 1. The van der Waals surface area contributed by atoms with Gasteiger partial charge in [-0.15, -0.1) is 0 Å². The summed E-state index contributed by atoms with van der Waals surface area (Å²) in [5.74, 6) is -0.361. The molecular formula is C12H25NO4. The van der Waals surface area contributed by atoms with Crippen LogP contribution in [0, 0.1) is 0 Å². The summed E-state index contributed by atoms with van der Waals surface area (Å²) in [5, 5.41) is 0. The van der Waals surface area contributed by atoms with E-state index in [9.17, 15) is 4.79 Å². The van der Waals surface area contributed by atoms with Gasteiger partial charge in [-0.2, -0.15) is 0 Å². The van der Waals surface area contributed by atoms with E-state index < -0.39 is 6.04 Å². The largest absolute Gasteiger partial charge is 0.462 e. The molecule has 5 heteroatoms. The number of unbranched alkanes of at least 4 members (excludes halogenated alkanes) is 1. The van der Waals surface area contributed by atoms with Gasteiger partial charge in [0.1, 0.15) is 12.6 Å². The minimum atomic E-state index is -0.555. The molecule has 0 aliphatic heterocycles. The first-order valence-electron chi connectivity index (χ1n) is 6.21. The molecule has 5 nitrogen and oxygen atoms in total. The fourth-order valence-corrected chi connectivity index (χ4v) is 1.22. The van der Waals surface area contributed by atoms with Crippen LogP contribution in [0.1, 0.15) is 32.6 Å². The van der Waals surface area contributed by atoms with Crippen molar-refractivity contribution >= 4 is 5.97 Å². The summed E-state index contributed by atoms with van der Waals surface area (Å²) < 4.78 is 15.1. The molecule has 0 saturated carbocycles. The highest BCUT2D eigenvalue weighted by Gasteiger charge is 2.13. The first-order chi connectivity index (χ1) is 8.22. The molecule has 0 rings (SSSR count). The van der Waals surface area contributed by atoms with Crippen molar-refractivity contribution in [2.45, 2.75) is 38.6 Å². The second-order valence-electron chi connectivity index (χ2n) is 3.87. The van der Waals surface area contributed by atoms with Gasteiger partial charge in [-0.1, -0.05) is 13.3 Å². The van der Waals surface area contributed by atoms with E-state index in [4.69, 9.17) is 19.9 Å². The summed E-state index contributed by atoms with van der Waals surface area (Å²) in [6, 6.07) is -0.555. The molecule has 0 radical (unpaired) electrons.